The molecule has 8 heteroatoms. The Morgan fingerprint density at radius 2 is 2.05 bits per heavy atom. The van der Waals surface area contributed by atoms with Crippen LogP contribution in [0.1, 0.15) is 0 Å². The van der Waals surface area contributed by atoms with E-state index in [4.69, 9.17) is 16.3 Å². The van der Waals surface area contributed by atoms with Crippen LogP contribution in [0.4, 0.5) is 5.69 Å². The van der Waals surface area contributed by atoms with Crippen molar-refractivity contribution >= 4 is 28.2 Å². The highest BCUT2D eigenvalue weighted by molar-refractivity contribution is 6.34. The molecule has 1 saturated heterocycles. The van der Waals surface area contributed by atoms with Crippen LogP contribution in [-0.2, 0) is 11.8 Å². The Morgan fingerprint density at radius 3 is 2.75 bits per heavy atom. The minimum Gasteiger partial charge on any atom is -0.378 e. The van der Waals surface area contributed by atoms with Gasteiger partial charge in [0, 0.05) is 25.5 Å². The van der Waals surface area contributed by atoms with E-state index in [-0.39, 0.29) is 21.8 Å². The summed E-state index contributed by atoms with van der Waals surface area (Å²) >= 11 is 6.06. The summed E-state index contributed by atoms with van der Waals surface area (Å²) in [6.45, 7) is 2.40. The summed E-state index contributed by atoms with van der Waals surface area (Å²) in [5.74, 6) is 0. The van der Waals surface area contributed by atoms with Gasteiger partial charge in [0.25, 0.3) is 11.1 Å². The van der Waals surface area contributed by atoms with Crippen molar-refractivity contribution in [3.05, 3.63) is 31.9 Å². The molecule has 1 fully saturated rings. The summed E-state index contributed by atoms with van der Waals surface area (Å²) in [7, 11) is 1.49. The zero-order chi connectivity index (χ0) is 14.3. The van der Waals surface area contributed by atoms with Gasteiger partial charge in [0.2, 0.25) is 0 Å². The molecule has 0 aliphatic carbocycles. The Morgan fingerprint density at radius 1 is 1.35 bits per heavy atom. The van der Waals surface area contributed by atoms with Gasteiger partial charge in [-0.2, -0.15) is 5.10 Å². The SMILES string of the molecule is Cn1nc(Cl)c2cc(N3CCOCC3)c(=O)[nH]c2c1=O. The normalized spacial score (nSPS) is 15.8. The van der Waals surface area contributed by atoms with E-state index in [2.05, 4.69) is 10.1 Å². The van der Waals surface area contributed by atoms with Crippen LogP contribution < -0.4 is 16.0 Å². The molecule has 3 rings (SSSR count). The van der Waals surface area contributed by atoms with Gasteiger partial charge in [0.15, 0.2) is 5.15 Å². The minimum absolute atomic E-state index is 0.175. The van der Waals surface area contributed by atoms with Crippen LogP contribution in [0.5, 0.6) is 0 Å². The maximum atomic E-state index is 12.2. The Hall–Kier alpha value is -1.86. The van der Waals surface area contributed by atoms with Gasteiger partial charge in [-0.25, -0.2) is 4.68 Å². The highest BCUT2D eigenvalue weighted by Crippen LogP contribution is 2.20. The van der Waals surface area contributed by atoms with Crippen LogP contribution in [0.25, 0.3) is 10.9 Å². The molecule has 2 aromatic heterocycles. The van der Waals surface area contributed by atoms with Crippen molar-refractivity contribution in [1.29, 1.82) is 0 Å². The van der Waals surface area contributed by atoms with Crippen molar-refractivity contribution in [2.75, 3.05) is 31.2 Å². The van der Waals surface area contributed by atoms with Crippen molar-refractivity contribution in [3.8, 4) is 0 Å². The number of H-pyrrole nitrogens is 1. The number of rotatable bonds is 1. The lowest BCUT2D eigenvalue weighted by Crippen LogP contribution is -2.39. The summed E-state index contributed by atoms with van der Waals surface area (Å²) in [5, 5.41) is 4.56. The number of aromatic amines is 1. The molecule has 7 nitrogen and oxygen atoms in total. The molecule has 2 aromatic rings. The number of aromatic nitrogens is 3. The number of fused-ring (bicyclic) bond motifs is 1. The topological polar surface area (TPSA) is 80.2 Å². The van der Waals surface area contributed by atoms with Crippen LogP contribution in [0.2, 0.25) is 5.15 Å². The maximum absolute atomic E-state index is 12.2. The van der Waals surface area contributed by atoms with Crippen LogP contribution in [0.15, 0.2) is 15.7 Å². The molecule has 0 radical (unpaired) electrons. The number of pyridine rings is 1. The summed E-state index contributed by atoms with van der Waals surface area (Å²) < 4.78 is 6.37. The third-order valence-corrected chi connectivity index (χ3v) is 3.62. The molecule has 0 atom stereocenters. The Labute approximate surface area is 118 Å². The third-order valence-electron chi connectivity index (χ3n) is 3.34. The lowest BCUT2D eigenvalue weighted by molar-refractivity contribution is 0.122. The average Bonchev–Trinajstić information content (AvgIpc) is 2.45. The molecule has 106 valence electrons. The standard InChI is InChI=1S/C12H13ClN4O3/c1-16-12(19)9-7(10(13)15-16)6-8(11(18)14-9)17-2-4-20-5-3-17/h6H,2-5H2,1H3,(H,14,18). The molecule has 20 heavy (non-hydrogen) atoms. The number of nitrogens with one attached hydrogen (secondary N) is 1. The van der Waals surface area contributed by atoms with Gasteiger partial charge in [-0.1, -0.05) is 11.6 Å². The predicted molar refractivity (Wildman–Crippen MR) is 75.6 cm³/mol. The van der Waals surface area contributed by atoms with Crippen molar-refractivity contribution in [1.82, 2.24) is 14.8 Å². The number of halogens is 1. The van der Waals surface area contributed by atoms with E-state index in [1.54, 1.807) is 6.07 Å². The van der Waals surface area contributed by atoms with Crippen molar-refractivity contribution in [2.45, 2.75) is 0 Å². The molecule has 1 N–H and O–H groups in total. The molecule has 1 aliphatic rings. The van der Waals surface area contributed by atoms with E-state index in [1.165, 1.54) is 7.05 Å². The minimum atomic E-state index is -0.380. The average molecular weight is 297 g/mol. The summed E-state index contributed by atoms with van der Waals surface area (Å²) in [5.41, 5.74) is -0.0268. The van der Waals surface area contributed by atoms with Crippen LogP contribution in [0, 0.1) is 0 Å². The van der Waals surface area contributed by atoms with Gasteiger partial charge in [-0.15, -0.1) is 0 Å². The first-order valence-electron chi connectivity index (χ1n) is 6.20. The monoisotopic (exact) mass is 296 g/mol. The molecular formula is C12H13ClN4O3. The van der Waals surface area contributed by atoms with Gasteiger partial charge in [-0.3, -0.25) is 9.59 Å². The number of anilines is 1. The highest BCUT2D eigenvalue weighted by Gasteiger charge is 2.17. The fourth-order valence-corrected chi connectivity index (χ4v) is 2.55. The molecule has 0 spiro atoms. The third kappa shape index (κ3) is 2.08. The maximum Gasteiger partial charge on any atom is 0.290 e. The largest absolute Gasteiger partial charge is 0.378 e. The zero-order valence-corrected chi connectivity index (χ0v) is 11.6. The van der Waals surface area contributed by atoms with Gasteiger partial charge in [0.05, 0.1) is 13.2 Å². The molecule has 0 saturated carbocycles. The van der Waals surface area contributed by atoms with E-state index in [1.807, 2.05) is 4.90 Å². The Kier molecular flexibility index (Phi) is 3.23. The Balaban J connectivity index is 2.23. The van der Waals surface area contributed by atoms with Gasteiger partial charge < -0.3 is 14.6 Å². The van der Waals surface area contributed by atoms with E-state index in [9.17, 15) is 9.59 Å². The zero-order valence-electron chi connectivity index (χ0n) is 10.9. The van der Waals surface area contributed by atoms with Crippen LogP contribution >= 0.6 is 11.6 Å². The van der Waals surface area contributed by atoms with Crippen LogP contribution in [-0.4, -0.2) is 41.1 Å². The predicted octanol–water partition coefficient (Wildman–Crippen LogP) is 0.112. The lowest BCUT2D eigenvalue weighted by atomic mass is 10.2. The summed E-state index contributed by atoms with van der Waals surface area (Å²) in [6, 6.07) is 1.62. The second-order valence-corrected chi connectivity index (χ2v) is 4.95. The molecule has 0 bridgehead atoms. The summed E-state index contributed by atoms with van der Waals surface area (Å²) in [6.07, 6.45) is 0. The number of morpholine rings is 1. The molecule has 0 aromatic carbocycles. The van der Waals surface area contributed by atoms with E-state index in [0.29, 0.717) is 37.4 Å². The molecule has 0 amide bonds. The fraction of sp³-hybridized carbons (Fsp3) is 0.417. The van der Waals surface area contributed by atoms with Crippen LogP contribution in [0.3, 0.4) is 0 Å². The van der Waals surface area contributed by atoms with Crippen molar-refractivity contribution < 1.29 is 4.74 Å². The highest BCUT2D eigenvalue weighted by atomic mass is 35.5. The van der Waals surface area contributed by atoms with Gasteiger partial charge in [-0.05, 0) is 6.07 Å². The van der Waals surface area contributed by atoms with Crippen molar-refractivity contribution in [3.63, 3.8) is 0 Å². The molecule has 3 heterocycles. The number of aryl methyl sites for hydroxylation is 1. The second-order valence-electron chi connectivity index (χ2n) is 4.59. The lowest BCUT2D eigenvalue weighted by Gasteiger charge is -2.28. The fourth-order valence-electron chi connectivity index (χ4n) is 2.28. The quantitative estimate of drug-likeness (QED) is 0.808. The van der Waals surface area contributed by atoms with Gasteiger partial charge >= 0.3 is 0 Å². The van der Waals surface area contributed by atoms with E-state index in [0.717, 1.165) is 4.68 Å². The van der Waals surface area contributed by atoms with E-state index < -0.39 is 0 Å². The first-order valence-corrected chi connectivity index (χ1v) is 6.58. The Bertz CT molecular complexity index is 777. The smallest absolute Gasteiger partial charge is 0.290 e. The molecular weight excluding hydrogens is 284 g/mol. The van der Waals surface area contributed by atoms with Gasteiger partial charge in [0.1, 0.15) is 11.2 Å². The van der Waals surface area contributed by atoms with E-state index >= 15 is 0 Å². The van der Waals surface area contributed by atoms with Crippen molar-refractivity contribution in [2.24, 2.45) is 7.05 Å². The number of hydrogen-bond donors (Lipinski definition) is 1. The first-order chi connectivity index (χ1) is 9.58. The number of ether oxygens (including phenoxy) is 1. The first kappa shape index (κ1) is 13.1. The molecule has 1 aliphatic heterocycles. The molecule has 0 unspecified atom stereocenters. The number of hydrogen-bond acceptors (Lipinski definition) is 5. The number of nitrogens with zero attached hydrogens (tertiary/aromatic N) is 3. The second kappa shape index (κ2) is 4.92. The summed E-state index contributed by atoms with van der Waals surface area (Å²) in [4.78, 5) is 28.6.